The molecule has 0 fully saturated rings. The highest BCUT2D eigenvalue weighted by Gasteiger charge is 1.97. The van der Waals surface area contributed by atoms with E-state index in [1.165, 1.54) is 0 Å². The van der Waals surface area contributed by atoms with Gasteiger partial charge in [-0.25, -0.2) is 4.98 Å². The molecule has 2 rings (SSSR count). The summed E-state index contributed by atoms with van der Waals surface area (Å²) in [5.41, 5.74) is 1.96. The number of halogens is 1. The number of hydrogen-bond acceptors (Lipinski definition) is 1. The van der Waals surface area contributed by atoms with Crippen LogP contribution in [-0.2, 0) is 0 Å². The Kier molecular flexibility index (Phi) is 6.80. The molecular formula is C12H19ClN2. The van der Waals surface area contributed by atoms with Gasteiger partial charge in [0, 0.05) is 5.02 Å². The number of aromatic amines is 1. The van der Waals surface area contributed by atoms with Gasteiger partial charge in [-0.3, -0.25) is 0 Å². The highest BCUT2D eigenvalue weighted by Crippen LogP contribution is 2.16. The van der Waals surface area contributed by atoms with Crippen molar-refractivity contribution in [3.8, 4) is 0 Å². The smallest absolute Gasteiger partial charge is 0.104 e. The Morgan fingerprint density at radius 3 is 2.33 bits per heavy atom. The Morgan fingerprint density at radius 2 is 1.73 bits per heavy atom. The monoisotopic (exact) mass is 226 g/mol. The molecule has 0 radical (unpaired) electrons. The van der Waals surface area contributed by atoms with Crippen LogP contribution in [0.25, 0.3) is 11.0 Å². The molecule has 0 spiro atoms. The lowest BCUT2D eigenvalue weighted by Crippen LogP contribution is -1.68. The van der Waals surface area contributed by atoms with Crippen LogP contribution in [0.2, 0.25) is 5.02 Å². The van der Waals surface area contributed by atoms with Crippen molar-refractivity contribution < 1.29 is 0 Å². The Balaban J connectivity index is 0.000000442. The molecule has 1 aromatic carbocycles. The van der Waals surface area contributed by atoms with Crippen LogP contribution in [0.4, 0.5) is 0 Å². The number of rotatable bonds is 0. The number of benzene rings is 1. The fourth-order valence-corrected chi connectivity index (χ4v) is 1.28. The third-order valence-electron chi connectivity index (χ3n) is 1.56. The van der Waals surface area contributed by atoms with E-state index in [2.05, 4.69) is 9.97 Å². The van der Waals surface area contributed by atoms with Crippen LogP contribution in [0.3, 0.4) is 0 Å². The van der Waals surface area contributed by atoms with Crippen LogP contribution < -0.4 is 0 Å². The molecule has 0 bridgehead atoms. The minimum atomic E-state index is 0.737. The standard InChI is InChI=1S/C8H7ClN2.2C2H6/c1-5-10-7-3-2-6(9)4-8(7)11-5;2*1-2/h2-4H,1H3,(H,10,11);2*1-2H3. The van der Waals surface area contributed by atoms with Crippen LogP contribution >= 0.6 is 11.6 Å². The van der Waals surface area contributed by atoms with Crippen LogP contribution in [0.5, 0.6) is 0 Å². The van der Waals surface area contributed by atoms with Gasteiger partial charge in [-0.2, -0.15) is 0 Å². The third kappa shape index (κ3) is 3.92. The number of aromatic nitrogens is 2. The first-order valence-corrected chi connectivity index (χ1v) is 5.75. The molecule has 0 aliphatic heterocycles. The number of hydrogen-bond donors (Lipinski definition) is 1. The minimum Gasteiger partial charge on any atom is -0.342 e. The number of aryl methyl sites for hydroxylation is 1. The van der Waals surface area contributed by atoms with E-state index in [0.717, 1.165) is 21.9 Å². The third-order valence-corrected chi connectivity index (χ3v) is 1.80. The van der Waals surface area contributed by atoms with E-state index < -0.39 is 0 Å². The summed E-state index contributed by atoms with van der Waals surface area (Å²) in [5, 5.41) is 0.737. The number of nitrogens with zero attached hydrogens (tertiary/aromatic N) is 1. The van der Waals surface area contributed by atoms with Gasteiger partial charge in [0.25, 0.3) is 0 Å². The Bertz CT molecular complexity index is 393. The number of fused-ring (bicyclic) bond motifs is 1. The van der Waals surface area contributed by atoms with E-state index in [9.17, 15) is 0 Å². The van der Waals surface area contributed by atoms with Gasteiger partial charge < -0.3 is 4.98 Å². The summed E-state index contributed by atoms with van der Waals surface area (Å²) < 4.78 is 0. The molecule has 3 heteroatoms. The number of nitrogens with one attached hydrogen (secondary N) is 1. The lowest BCUT2D eigenvalue weighted by Gasteiger charge is -1.87. The van der Waals surface area contributed by atoms with Gasteiger partial charge in [0.2, 0.25) is 0 Å². The van der Waals surface area contributed by atoms with Crippen molar-refractivity contribution in [2.24, 2.45) is 0 Å². The minimum absolute atomic E-state index is 0.737. The van der Waals surface area contributed by atoms with E-state index in [1.54, 1.807) is 0 Å². The highest BCUT2D eigenvalue weighted by molar-refractivity contribution is 6.31. The van der Waals surface area contributed by atoms with Gasteiger partial charge >= 0.3 is 0 Å². The van der Waals surface area contributed by atoms with Crippen molar-refractivity contribution in [3.05, 3.63) is 29.0 Å². The lowest BCUT2D eigenvalue weighted by molar-refractivity contribution is 1.17. The molecule has 1 heterocycles. The molecular weight excluding hydrogens is 208 g/mol. The highest BCUT2D eigenvalue weighted by atomic mass is 35.5. The van der Waals surface area contributed by atoms with Crippen LogP contribution in [0.15, 0.2) is 18.2 Å². The molecule has 0 amide bonds. The largest absolute Gasteiger partial charge is 0.342 e. The van der Waals surface area contributed by atoms with Crippen molar-refractivity contribution in [1.29, 1.82) is 0 Å². The average molecular weight is 227 g/mol. The van der Waals surface area contributed by atoms with E-state index in [1.807, 2.05) is 52.8 Å². The second-order valence-electron chi connectivity index (χ2n) is 2.48. The predicted molar refractivity (Wildman–Crippen MR) is 68.5 cm³/mol. The Morgan fingerprint density at radius 1 is 1.13 bits per heavy atom. The molecule has 2 aromatic rings. The number of imidazole rings is 1. The first-order chi connectivity index (χ1) is 7.25. The molecule has 15 heavy (non-hydrogen) atoms. The molecule has 2 nitrogen and oxygen atoms in total. The summed E-state index contributed by atoms with van der Waals surface area (Å²) in [6.45, 7) is 9.92. The summed E-state index contributed by atoms with van der Waals surface area (Å²) >= 11 is 5.78. The normalized spacial score (nSPS) is 8.67. The van der Waals surface area contributed by atoms with Crippen molar-refractivity contribution >= 4 is 22.6 Å². The molecule has 0 aliphatic carbocycles. The lowest BCUT2D eigenvalue weighted by atomic mass is 10.3. The zero-order valence-electron chi connectivity index (χ0n) is 10.1. The maximum absolute atomic E-state index is 5.78. The van der Waals surface area contributed by atoms with Crippen LogP contribution in [0, 0.1) is 6.92 Å². The first kappa shape index (κ1) is 14.0. The van der Waals surface area contributed by atoms with E-state index in [0.29, 0.717) is 0 Å². The van der Waals surface area contributed by atoms with Gasteiger partial charge in [-0.15, -0.1) is 0 Å². The summed E-state index contributed by atoms with van der Waals surface area (Å²) in [6.07, 6.45) is 0. The van der Waals surface area contributed by atoms with Gasteiger partial charge in [0.05, 0.1) is 11.0 Å². The van der Waals surface area contributed by atoms with E-state index in [-0.39, 0.29) is 0 Å². The summed E-state index contributed by atoms with van der Waals surface area (Å²) in [4.78, 5) is 7.34. The summed E-state index contributed by atoms with van der Waals surface area (Å²) in [6, 6.07) is 5.61. The molecule has 0 unspecified atom stereocenters. The van der Waals surface area contributed by atoms with Crippen LogP contribution in [0.1, 0.15) is 33.5 Å². The maximum atomic E-state index is 5.78. The Hall–Kier alpha value is -1.02. The molecule has 0 saturated carbocycles. The van der Waals surface area contributed by atoms with Crippen molar-refractivity contribution in [1.82, 2.24) is 9.97 Å². The zero-order valence-corrected chi connectivity index (χ0v) is 10.8. The maximum Gasteiger partial charge on any atom is 0.104 e. The zero-order chi connectivity index (χ0) is 11.8. The van der Waals surface area contributed by atoms with Gasteiger partial charge in [0.15, 0.2) is 0 Å². The van der Waals surface area contributed by atoms with Gasteiger partial charge in [-0.1, -0.05) is 39.3 Å². The molecule has 1 aromatic heterocycles. The molecule has 0 saturated heterocycles. The van der Waals surface area contributed by atoms with Crippen LogP contribution in [-0.4, -0.2) is 9.97 Å². The van der Waals surface area contributed by atoms with Gasteiger partial charge in [-0.05, 0) is 25.1 Å². The van der Waals surface area contributed by atoms with Crippen molar-refractivity contribution in [2.75, 3.05) is 0 Å². The summed E-state index contributed by atoms with van der Waals surface area (Å²) in [5.74, 6) is 0.919. The van der Waals surface area contributed by atoms with Crippen molar-refractivity contribution in [2.45, 2.75) is 34.6 Å². The van der Waals surface area contributed by atoms with Gasteiger partial charge in [0.1, 0.15) is 5.82 Å². The predicted octanol–water partition coefficient (Wildman–Crippen LogP) is 4.58. The average Bonchev–Trinajstić information content (AvgIpc) is 2.63. The molecule has 1 N–H and O–H groups in total. The quantitative estimate of drug-likeness (QED) is 0.700. The Labute approximate surface area is 96.7 Å². The van der Waals surface area contributed by atoms with E-state index >= 15 is 0 Å². The second kappa shape index (κ2) is 7.30. The topological polar surface area (TPSA) is 28.7 Å². The molecule has 0 atom stereocenters. The number of H-pyrrole nitrogens is 1. The van der Waals surface area contributed by atoms with Crippen molar-refractivity contribution in [3.63, 3.8) is 0 Å². The molecule has 0 aliphatic rings. The SMILES string of the molecule is CC.CC.Cc1nc2ccc(Cl)cc2[nH]1. The fraction of sp³-hybridized carbons (Fsp3) is 0.417. The first-order valence-electron chi connectivity index (χ1n) is 5.37. The summed E-state index contributed by atoms with van der Waals surface area (Å²) in [7, 11) is 0. The van der Waals surface area contributed by atoms with E-state index in [4.69, 9.17) is 11.6 Å². The molecule has 84 valence electrons. The second-order valence-corrected chi connectivity index (χ2v) is 2.92. The fourth-order valence-electron chi connectivity index (χ4n) is 1.11.